The maximum absolute atomic E-state index is 13.0. The van der Waals surface area contributed by atoms with Gasteiger partial charge in [-0.2, -0.15) is 0 Å². The van der Waals surface area contributed by atoms with Crippen LogP contribution in [0, 0.1) is 11.7 Å². The molecule has 2 aromatic rings. The molecular formula is C17H13Cl2FO3. The molecule has 3 nitrogen and oxygen atoms in total. The van der Waals surface area contributed by atoms with E-state index in [4.69, 9.17) is 27.9 Å². The first-order chi connectivity index (χ1) is 10.9. The summed E-state index contributed by atoms with van der Waals surface area (Å²) in [4.78, 5) is 11.6. The highest BCUT2D eigenvalue weighted by atomic mass is 35.5. The van der Waals surface area contributed by atoms with Crippen LogP contribution in [0.15, 0.2) is 36.4 Å². The van der Waals surface area contributed by atoms with Crippen molar-refractivity contribution in [3.8, 4) is 11.1 Å². The van der Waals surface area contributed by atoms with Gasteiger partial charge >= 0.3 is 5.97 Å². The summed E-state index contributed by atoms with van der Waals surface area (Å²) in [5.74, 6) is -1.23. The van der Waals surface area contributed by atoms with E-state index in [0.29, 0.717) is 22.0 Å². The van der Waals surface area contributed by atoms with E-state index in [1.807, 2.05) is 0 Å². The van der Waals surface area contributed by atoms with E-state index in [2.05, 4.69) is 0 Å². The number of cyclic esters (lactones) is 1. The Morgan fingerprint density at radius 3 is 2.26 bits per heavy atom. The maximum Gasteiger partial charge on any atom is 0.311 e. The number of esters is 1. The van der Waals surface area contributed by atoms with Crippen LogP contribution in [-0.4, -0.2) is 17.4 Å². The van der Waals surface area contributed by atoms with Crippen LogP contribution in [0.1, 0.15) is 12.0 Å². The zero-order valence-corrected chi connectivity index (χ0v) is 13.4. The largest absolute Gasteiger partial charge is 0.436 e. The first kappa shape index (κ1) is 16.2. The molecular weight excluding hydrogens is 342 g/mol. The summed E-state index contributed by atoms with van der Waals surface area (Å²) in [6.45, 7) is 0. The van der Waals surface area contributed by atoms with Crippen LogP contribution in [-0.2, 0) is 16.0 Å². The molecule has 1 N–H and O–H groups in total. The summed E-state index contributed by atoms with van der Waals surface area (Å²) in [7, 11) is 0. The van der Waals surface area contributed by atoms with Crippen LogP contribution in [0.2, 0.25) is 10.0 Å². The van der Waals surface area contributed by atoms with Crippen molar-refractivity contribution in [3.05, 3.63) is 57.8 Å². The molecule has 0 radical (unpaired) electrons. The molecule has 1 aliphatic rings. The van der Waals surface area contributed by atoms with Crippen LogP contribution in [0.25, 0.3) is 11.1 Å². The third-order valence-corrected chi connectivity index (χ3v) is 4.52. The molecule has 0 aromatic heterocycles. The number of hydrogen-bond acceptors (Lipinski definition) is 3. The second-order valence-electron chi connectivity index (χ2n) is 5.45. The number of hydrogen-bond donors (Lipinski definition) is 1. The number of benzene rings is 2. The number of carbonyl (C=O) groups is 1. The van der Waals surface area contributed by atoms with Crippen molar-refractivity contribution in [1.82, 2.24) is 0 Å². The molecule has 6 heteroatoms. The van der Waals surface area contributed by atoms with Gasteiger partial charge in [0.25, 0.3) is 0 Å². The smallest absolute Gasteiger partial charge is 0.311 e. The quantitative estimate of drug-likeness (QED) is 0.839. The van der Waals surface area contributed by atoms with E-state index in [1.165, 1.54) is 12.1 Å². The molecule has 0 bridgehead atoms. The average molecular weight is 355 g/mol. The van der Waals surface area contributed by atoms with Crippen LogP contribution in [0.4, 0.5) is 4.39 Å². The van der Waals surface area contributed by atoms with Gasteiger partial charge in [-0.25, -0.2) is 4.39 Å². The number of carbonyl (C=O) groups excluding carboxylic acids is 1. The van der Waals surface area contributed by atoms with Gasteiger partial charge in [-0.3, -0.25) is 4.79 Å². The zero-order chi connectivity index (χ0) is 16.6. The van der Waals surface area contributed by atoms with E-state index in [1.54, 1.807) is 24.3 Å². The fourth-order valence-corrected chi connectivity index (χ4v) is 3.28. The third-order valence-electron chi connectivity index (χ3n) is 3.84. The van der Waals surface area contributed by atoms with Crippen molar-refractivity contribution in [1.29, 1.82) is 0 Å². The van der Waals surface area contributed by atoms with E-state index < -0.39 is 18.2 Å². The highest BCUT2D eigenvalue weighted by Gasteiger charge is 2.34. The van der Waals surface area contributed by atoms with Gasteiger partial charge in [-0.05, 0) is 47.4 Å². The van der Waals surface area contributed by atoms with Gasteiger partial charge in [0.15, 0.2) is 0 Å². The van der Waals surface area contributed by atoms with E-state index in [-0.39, 0.29) is 12.2 Å². The standard InChI is InChI=1S/C17H13Cl2FO3/c18-14-6-10(9-1-3-12(20)4-2-9)7-15(19)13(14)5-11-8-16(21)23-17(11)22/h1-4,6-7,11,16,21H,5,8H2/t11-,16-/m1/s1. The second-order valence-corrected chi connectivity index (χ2v) is 6.27. The summed E-state index contributed by atoms with van der Waals surface area (Å²) >= 11 is 12.6. The molecule has 1 fully saturated rings. The second kappa shape index (κ2) is 6.48. The van der Waals surface area contributed by atoms with E-state index in [9.17, 15) is 14.3 Å². The minimum Gasteiger partial charge on any atom is -0.436 e. The fraction of sp³-hybridized carbons (Fsp3) is 0.235. The van der Waals surface area contributed by atoms with Gasteiger partial charge in [0.1, 0.15) is 5.82 Å². The van der Waals surface area contributed by atoms with Crippen LogP contribution < -0.4 is 0 Å². The van der Waals surface area contributed by atoms with Crippen molar-refractivity contribution in [2.45, 2.75) is 19.1 Å². The monoisotopic (exact) mass is 354 g/mol. The van der Waals surface area contributed by atoms with Crippen molar-refractivity contribution < 1.29 is 19.0 Å². The Labute approximate surface area is 142 Å². The molecule has 0 saturated carbocycles. The minimum absolute atomic E-state index is 0.227. The van der Waals surface area contributed by atoms with E-state index >= 15 is 0 Å². The van der Waals surface area contributed by atoms with Gasteiger partial charge in [0.2, 0.25) is 6.29 Å². The highest BCUT2D eigenvalue weighted by molar-refractivity contribution is 6.36. The van der Waals surface area contributed by atoms with Gasteiger partial charge in [-0.1, -0.05) is 35.3 Å². The van der Waals surface area contributed by atoms with Crippen molar-refractivity contribution in [2.75, 3.05) is 0 Å². The molecule has 23 heavy (non-hydrogen) atoms. The molecule has 0 amide bonds. The Hall–Kier alpha value is -1.62. The lowest BCUT2D eigenvalue weighted by Gasteiger charge is -2.12. The van der Waals surface area contributed by atoms with Crippen molar-refractivity contribution >= 4 is 29.2 Å². The Morgan fingerprint density at radius 2 is 1.74 bits per heavy atom. The first-order valence-electron chi connectivity index (χ1n) is 7.06. The normalized spacial score (nSPS) is 20.6. The zero-order valence-electron chi connectivity index (χ0n) is 11.9. The molecule has 2 atom stereocenters. The Bertz CT molecular complexity index is 723. The summed E-state index contributed by atoms with van der Waals surface area (Å²) in [5, 5.41) is 10.2. The van der Waals surface area contributed by atoms with Crippen LogP contribution in [0.3, 0.4) is 0 Å². The number of rotatable bonds is 3. The maximum atomic E-state index is 13.0. The Morgan fingerprint density at radius 1 is 1.13 bits per heavy atom. The molecule has 0 unspecified atom stereocenters. The highest BCUT2D eigenvalue weighted by Crippen LogP contribution is 2.35. The third kappa shape index (κ3) is 3.50. The average Bonchev–Trinajstić information content (AvgIpc) is 2.81. The summed E-state index contributed by atoms with van der Waals surface area (Å²) in [5.41, 5.74) is 2.19. The van der Waals surface area contributed by atoms with Crippen LogP contribution >= 0.6 is 23.2 Å². The van der Waals surface area contributed by atoms with Crippen molar-refractivity contribution in [3.63, 3.8) is 0 Å². The topological polar surface area (TPSA) is 46.5 Å². The number of halogens is 3. The lowest BCUT2D eigenvalue weighted by atomic mass is 9.95. The van der Waals surface area contributed by atoms with Gasteiger partial charge < -0.3 is 9.84 Å². The number of aliphatic hydroxyl groups excluding tert-OH is 1. The predicted molar refractivity (Wildman–Crippen MR) is 85.8 cm³/mol. The predicted octanol–water partition coefficient (Wildman–Crippen LogP) is 4.22. The summed E-state index contributed by atoms with van der Waals surface area (Å²) in [6.07, 6.45) is -0.536. The first-order valence-corrected chi connectivity index (χ1v) is 7.82. The Kier molecular flexibility index (Phi) is 4.57. The lowest BCUT2D eigenvalue weighted by molar-refractivity contribution is -0.155. The molecule has 2 aromatic carbocycles. The fourth-order valence-electron chi connectivity index (χ4n) is 2.64. The molecule has 1 aliphatic heterocycles. The lowest BCUT2D eigenvalue weighted by Crippen LogP contribution is -2.11. The van der Waals surface area contributed by atoms with Gasteiger partial charge in [-0.15, -0.1) is 0 Å². The van der Waals surface area contributed by atoms with Gasteiger partial charge in [0, 0.05) is 16.5 Å². The number of aliphatic hydroxyl groups is 1. The minimum atomic E-state index is -1.07. The summed E-state index contributed by atoms with van der Waals surface area (Å²) in [6, 6.07) is 9.46. The molecule has 3 rings (SSSR count). The van der Waals surface area contributed by atoms with Crippen molar-refractivity contribution in [2.24, 2.45) is 5.92 Å². The Balaban J connectivity index is 1.89. The van der Waals surface area contributed by atoms with Gasteiger partial charge in [0.05, 0.1) is 5.92 Å². The molecule has 1 heterocycles. The molecule has 0 aliphatic carbocycles. The molecule has 1 saturated heterocycles. The van der Waals surface area contributed by atoms with E-state index in [0.717, 1.165) is 11.1 Å². The number of ether oxygens (including phenoxy) is 1. The molecule has 0 spiro atoms. The summed E-state index contributed by atoms with van der Waals surface area (Å²) < 4.78 is 17.7. The van der Waals surface area contributed by atoms with Crippen LogP contribution in [0.5, 0.6) is 0 Å². The SMILES string of the molecule is O=C1O[C@@H](O)C[C@H]1Cc1c(Cl)cc(-c2ccc(F)cc2)cc1Cl. The molecule has 120 valence electrons.